The van der Waals surface area contributed by atoms with Gasteiger partial charge in [-0.05, 0) is 110 Å². The van der Waals surface area contributed by atoms with Crippen molar-refractivity contribution in [3.05, 3.63) is 200 Å². The molecule has 5 nitrogen and oxygen atoms in total. The maximum absolute atomic E-state index is 7.20. The molecule has 8 heteroatoms. The number of hydrogen-bond donors (Lipinski definition) is 0. The van der Waals surface area contributed by atoms with E-state index in [1.54, 1.807) is 6.20 Å². The largest absolute Gasteiger partial charge is 1.00 e. The number of nitrogens with zero attached hydrogens (tertiary/aromatic N) is 4. The minimum Gasteiger partial charge on any atom is -0.482 e. The zero-order valence-corrected chi connectivity index (χ0v) is 34.5. The molecular formula is C49H45CuN4OP2+2. The summed E-state index contributed by atoms with van der Waals surface area (Å²) in [5.74, 6) is 2.26. The van der Waals surface area contributed by atoms with Crippen molar-refractivity contribution < 1.29 is 21.8 Å². The van der Waals surface area contributed by atoms with E-state index in [-0.39, 0.29) is 23.2 Å². The average molecular weight is 831 g/mol. The predicted molar refractivity (Wildman–Crippen MR) is 238 cm³/mol. The molecule has 8 aromatic rings. The number of aromatic nitrogens is 4. The molecule has 2 atom stereocenters. The molecule has 1 saturated carbocycles. The molecule has 0 radical (unpaired) electrons. The molecule has 0 aliphatic heterocycles. The van der Waals surface area contributed by atoms with Gasteiger partial charge in [0.1, 0.15) is 35.6 Å². The fraction of sp³-hybridized carbons (Fsp3) is 0.122. The van der Waals surface area contributed by atoms with Gasteiger partial charge in [-0.2, -0.15) is 0 Å². The summed E-state index contributed by atoms with van der Waals surface area (Å²) < 4.78 is 7.20. The van der Waals surface area contributed by atoms with Crippen molar-refractivity contribution in [2.24, 2.45) is 0 Å². The standard InChI is InChI=1S/C36H34OP2.C13H9N4.Cu/c1-5-17-29(18-6-1)38(30-19-7-2-8-20-30)35-27-15-13-25-33(35)37-34-26-14-16-28-36(34)39(31-21-9-3-10-22-31)32-23-11-4-12-24-32;1-2-6-10(7-3-1)12-15-13(17-16-12)11-8-4-5-9-14-11;/h1-13,15,17-25,27,34,36H,14,16,26,28H2;1-9H;/q;-1;+1/p+2. The quantitative estimate of drug-likeness (QED) is 0.102. The van der Waals surface area contributed by atoms with Gasteiger partial charge in [0.15, 0.2) is 5.75 Å². The second kappa shape index (κ2) is 20.3. The molecule has 0 N–H and O–H groups in total. The Balaban J connectivity index is 0.000000230. The summed E-state index contributed by atoms with van der Waals surface area (Å²) in [5, 5.41) is 15.2. The summed E-state index contributed by atoms with van der Waals surface area (Å²) in [6.45, 7) is 0. The van der Waals surface area contributed by atoms with Crippen LogP contribution in [0.25, 0.3) is 22.9 Å². The van der Waals surface area contributed by atoms with Crippen LogP contribution in [0.3, 0.4) is 0 Å². The third-order valence-corrected chi connectivity index (χ3v) is 16.3. The first-order valence-electron chi connectivity index (χ1n) is 19.4. The molecule has 0 spiro atoms. The van der Waals surface area contributed by atoms with Gasteiger partial charge >= 0.3 is 17.1 Å². The van der Waals surface area contributed by atoms with Crippen LogP contribution in [0.5, 0.6) is 5.75 Å². The summed E-state index contributed by atoms with van der Waals surface area (Å²) in [6.07, 6.45) is 6.78. The van der Waals surface area contributed by atoms with E-state index in [1.165, 1.54) is 45.8 Å². The first kappa shape index (κ1) is 40.0. The Hall–Kier alpha value is -5.21. The first-order valence-corrected chi connectivity index (χ1v) is 22.5. The summed E-state index contributed by atoms with van der Waals surface area (Å²) in [4.78, 5) is 8.56. The maximum Gasteiger partial charge on any atom is 1.00 e. The minimum atomic E-state index is -1.21. The Morgan fingerprint density at radius 2 is 1.04 bits per heavy atom. The van der Waals surface area contributed by atoms with Crippen molar-refractivity contribution in [1.82, 2.24) is 20.2 Å². The third kappa shape index (κ3) is 10.0. The average Bonchev–Trinajstić information content (AvgIpc) is 3.78. The van der Waals surface area contributed by atoms with E-state index >= 15 is 0 Å². The molecule has 2 unspecified atom stereocenters. The summed E-state index contributed by atoms with van der Waals surface area (Å²) in [7, 11) is -2.23. The van der Waals surface area contributed by atoms with Crippen molar-refractivity contribution in [2.45, 2.75) is 37.4 Å². The van der Waals surface area contributed by atoms with Gasteiger partial charge in [0.25, 0.3) is 0 Å². The Labute approximate surface area is 349 Å². The van der Waals surface area contributed by atoms with Crippen molar-refractivity contribution >= 4 is 42.4 Å². The van der Waals surface area contributed by atoms with Crippen LogP contribution < -0.4 is 36.4 Å². The minimum absolute atomic E-state index is 0. The van der Waals surface area contributed by atoms with Gasteiger partial charge in [-0.15, -0.1) is 0 Å². The number of benzene rings is 6. The Morgan fingerprint density at radius 3 is 1.61 bits per heavy atom. The number of para-hydroxylation sites is 1. The molecule has 0 bridgehead atoms. The van der Waals surface area contributed by atoms with Crippen molar-refractivity contribution in [2.75, 3.05) is 0 Å². The molecule has 2 heterocycles. The Morgan fingerprint density at radius 1 is 0.526 bits per heavy atom. The van der Waals surface area contributed by atoms with Crippen LogP contribution in [0.4, 0.5) is 0 Å². The molecule has 57 heavy (non-hydrogen) atoms. The number of pyridine rings is 1. The van der Waals surface area contributed by atoms with Crippen LogP contribution in [-0.2, 0) is 17.1 Å². The molecule has 1 aliphatic rings. The predicted octanol–water partition coefficient (Wildman–Crippen LogP) is 8.89. The van der Waals surface area contributed by atoms with Gasteiger partial charge in [0, 0.05) is 6.20 Å². The number of rotatable bonds is 10. The van der Waals surface area contributed by atoms with Crippen LogP contribution >= 0.6 is 15.8 Å². The summed E-state index contributed by atoms with van der Waals surface area (Å²) >= 11 is 0. The van der Waals surface area contributed by atoms with E-state index in [9.17, 15) is 0 Å². The van der Waals surface area contributed by atoms with E-state index < -0.39 is 15.8 Å². The van der Waals surface area contributed by atoms with Crippen LogP contribution in [-0.4, -0.2) is 26.8 Å². The molecule has 2 aromatic heterocycles. The fourth-order valence-electron chi connectivity index (χ4n) is 7.58. The van der Waals surface area contributed by atoms with Crippen molar-refractivity contribution in [3.8, 4) is 28.7 Å². The van der Waals surface area contributed by atoms with E-state index in [4.69, 9.17) is 4.74 Å². The van der Waals surface area contributed by atoms with E-state index in [0.29, 0.717) is 17.3 Å². The van der Waals surface area contributed by atoms with Gasteiger partial charge in [-0.3, -0.25) is 10.1 Å². The second-order valence-electron chi connectivity index (χ2n) is 13.8. The van der Waals surface area contributed by atoms with Gasteiger partial charge in [0.2, 0.25) is 0 Å². The SMILES string of the molecule is [Cu+].c1ccc(-c2n[n-]c(-c3ccccn3)n2)cc1.c1ccc([PH+](c2ccccc2)c2ccccc2OC2CCCCC2[PH+](c2ccccc2)c2ccccc2)cc1. The molecular weight excluding hydrogens is 786 g/mol. The zero-order chi connectivity index (χ0) is 37.8. The molecule has 6 aromatic carbocycles. The van der Waals surface area contributed by atoms with Crippen LogP contribution in [0.2, 0.25) is 0 Å². The van der Waals surface area contributed by atoms with Gasteiger partial charge in [-0.1, -0.05) is 121 Å². The molecule has 0 amide bonds. The van der Waals surface area contributed by atoms with E-state index in [1.807, 2.05) is 48.5 Å². The van der Waals surface area contributed by atoms with Crippen LogP contribution in [0, 0.1) is 0 Å². The normalized spacial score (nSPS) is 14.9. The summed E-state index contributed by atoms with van der Waals surface area (Å²) in [6, 6.07) is 68.7. The number of hydrogen-bond acceptors (Lipinski definition) is 4. The van der Waals surface area contributed by atoms with Crippen LogP contribution in [0.15, 0.2) is 200 Å². The molecule has 0 saturated heterocycles. The maximum atomic E-state index is 7.20. The van der Waals surface area contributed by atoms with Crippen molar-refractivity contribution in [1.29, 1.82) is 0 Å². The monoisotopic (exact) mass is 830 g/mol. The van der Waals surface area contributed by atoms with Crippen molar-refractivity contribution in [3.63, 3.8) is 0 Å². The number of ether oxygens (including phenoxy) is 1. The molecule has 9 rings (SSSR count). The van der Waals surface area contributed by atoms with Gasteiger partial charge in [0.05, 0.1) is 30.0 Å². The van der Waals surface area contributed by atoms with Gasteiger partial charge in [-0.25, -0.2) is 0 Å². The topological polar surface area (TPSA) is 62.0 Å². The van der Waals surface area contributed by atoms with Crippen LogP contribution in [0.1, 0.15) is 25.7 Å². The summed E-state index contributed by atoms with van der Waals surface area (Å²) in [5.41, 5.74) is 2.22. The third-order valence-electron chi connectivity index (χ3n) is 10.2. The Kier molecular flexibility index (Phi) is 14.2. The van der Waals surface area contributed by atoms with Gasteiger partial charge < -0.3 is 14.8 Å². The smallest absolute Gasteiger partial charge is 0.482 e. The zero-order valence-electron chi connectivity index (χ0n) is 31.5. The second-order valence-corrected chi connectivity index (χ2v) is 19.0. The molecule has 286 valence electrons. The first-order chi connectivity index (χ1) is 27.8. The molecule has 1 fully saturated rings. The van der Waals surface area contributed by atoms with E-state index in [0.717, 1.165) is 23.4 Å². The fourth-order valence-corrected chi connectivity index (χ4v) is 13.6. The van der Waals surface area contributed by atoms with E-state index in [2.05, 4.69) is 166 Å². The Bertz CT molecular complexity index is 2240. The molecule has 1 aliphatic carbocycles.